The standard InChI is InChI=1S/C11H11FN2O/c1-2-9-7-13-11(15)14(9)10-5-3-8(12)4-6-10/h3-7H,2H2,1H3,(H,13,15). The fourth-order valence-corrected chi connectivity index (χ4v) is 1.54. The predicted molar refractivity (Wildman–Crippen MR) is 55.7 cm³/mol. The highest BCUT2D eigenvalue weighted by Crippen LogP contribution is 2.09. The molecule has 2 aromatic rings. The van der Waals surface area contributed by atoms with Crippen LogP contribution in [0.25, 0.3) is 5.69 Å². The summed E-state index contributed by atoms with van der Waals surface area (Å²) in [5.41, 5.74) is 1.37. The number of halogens is 1. The lowest BCUT2D eigenvalue weighted by Gasteiger charge is -2.04. The number of hydrogen-bond acceptors (Lipinski definition) is 1. The molecule has 0 bridgehead atoms. The van der Waals surface area contributed by atoms with Crippen molar-refractivity contribution in [3.8, 4) is 5.69 Å². The Kier molecular flexibility index (Phi) is 2.41. The molecule has 1 N–H and O–H groups in total. The van der Waals surface area contributed by atoms with Gasteiger partial charge in [0, 0.05) is 11.9 Å². The maximum Gasteiger partial charge on any atom is 0.330 e. The molecule has 0 radical (unpaired) electrons. The van der Waals surface area contributed by atoms with E-state index in [9.17, 15) is 9.18 Å². The van der Waals surface area contributed by atoms with Gasteiger partial charge in [-0.25, -0.2) is 9.18 Å². The van der Waals surface area contributed by atoms with Gasteiger partial charge in [0.1, 0.15) is 5.82 Å². The van der Waals surface area contributed by atoms with Gasteiger partial charge < -0.3 is 4.98 Å². The lowest BCUT2D eigenvalue weighted by Crippen LogP contribution is -2.16. The summed E-state index contributed by atoms with van der Waals surface area (Å²) in [4.78, 5) is 14.1. The molecule has 0 amide bonds. The number of hydrogen-bond donors (Lipinski definition) is 1. The van der Waals surface area contributed by atoms with E-state index in [-0.39, 0.29) is 11.5 Å². The van der Waals surface area contributed by atoms with Crippen LogP contribution in [-0.4, -0.2) is 9.55 Å². The Balaban J connectivity index is 2.57. The zero-order valence-corrected chi connectivity index (χ0v) is 8.33. The minimum Gasteiger partial charge on any atom is -0.312 e. The molecule has 0 saturated carbocycles. The van der Waals surface area contributed by atoms with Crippen LogP contribution in [0.5, 0.6) is 0 Å². The summed E-state index contributed by atoms with van der Waals surface area (Å²) in [6.07, 6.45) is 2.42. The first kappa shape index (κ1) is 9.71. The third-order valence-corrected chi connectivity index (χ3v) is 2.30. The van der Waals surface area contributed by atoms with Crippen LogP contribution in [0.2, 0.25) is 0 Å². The molecule has 0 aliphatic heterocycles. The Bertz CT molecular complexity index is 510. The lowest BCUT2D eigenvalue weighted by atomic mass is 10.3. The molecule has 0 saturated heterocycles. The molecule has 1 heterocycles. The third-order valence-electron chi connectivity index (χ3n) is 2.30. The molecule has 1 aromatic carbocycles. The second-order valence-corrected chi connectivity index (χ2v) is 3.25. The number of aromatic nitrogens is 2. The normalized spacial score (nSPS) is 10.5. The molecule has 3 nitrogen and oxygen atoms in total. The molecule has 0 fully saturated rings. The SMILES string of the molecule is CCc1c[nH]c(=O)n1-c1ccc(F)cc1. The number of benzene rings is 1. The zero-order chi connectivity index (χ0) is 10.8. The van der Waals surface area contributed by atoms with Gasteiger partial charge in [0.05, 0.1) is 5.69 Å². The van der Waals surface area contributed by atoms with Crippen LogP contribution < -0.4 is 5.69 Å². The van der Waals surface area contributed by atoms with E-state index in [4.69, 9.17) is 0 Å². The Morgan fingerprint density at radius 3 is 2.60 bits per heavy atom. The van der Waals surface area contributed by atoms with E-state index in [1.54, 1.807) is 22.9 Å². The van der Waals surface area contributed by atoms with E-state index in [2.05, 4.69) is 4.98 Å². The summed E-state index contributed by atoms with van der Waals surface area (Å²) in [5.74, 6) is -0.305. The minimum absolute atomic E-state index is 0.196. The van der Waals surface area contributed by atoms with Crippen molar-refractivity contribution in [1.29, 1.82) is 0 Å². The van der Waals surface area contributed by atoms with Crippen LogP contribution >= 0.6 is 0 Å². The van der Waals surface area contributed by atoms with Crippen LogP contribution in [0.4, 0.5) is 4.39 Å². The summed E-state index contributed by atoms with van der Waals surface area (Å²) >= 11 is 0. The molecule has 78 valence electrons. The first-order chi connectivity index (χ1) is 7.22. The monoisotopic (exact) mass is 206 g/mol. The van der Waals surface area contributed by atoms with Crippen LogP contribution in [-0.2, 0) is 6.42 Å². The van der Waals surface area contributed by atoms with Crippen molar-refractivity contribution in [2.45, 2.75) is 13.3 Å². The average Bonchev–Trinajstić information content (AvgIpc) is 2.61. The smallest absolute Gasteiger partial charge is 0.312 e. The third kappa shape index (κ3) is 1.70. The van der Waals surface area contributed by atoms with Crippen molar-refractivity contribution in [1.82, 2.24) is 9.55 Å². The largest absolute Gasteiger partial charge is 0.330 e. The molecule has 0 spiro atoms. The highest BCUT2D eigenvalue weighted by Gasteiger charge is 2.06. The highest BCUT2D eigenvalue weighted by molar-refractivity contribution is 5.33. The van der Waals surface area contributed by atoms with E-state index in [0.717, 1.165) is 12.1 Å². The Morgan fingerprint density at radius 1 is 1.33 bits per heavy atom. The second kappa shape index (κ2) is 3.73. The topological polar surface area (TPSA) is 37.8 Å². The average molecular weight is 206 g/mol. The fourth-order valence-electron chi connectivity index (χ4n) is 1.54. The quantitative estimate of drug-likeness (QED) is 0.800. The molecule has 0 aliphatic rings. The van der Waals surface area contributed by atoms with Crippen LogP contribution in [0.3, 0.4) is 0 Å². The Morgan fingerprint density at radius 2 is 2.00 bits per heavy atom. The van der Waals surface area contributed by atoms with Crippen LogP contribution in [0.1, 0.15) is 12.6 Å². The van der Waals surface area contributed by atoms with Gasteiger partial charge in [0.25, 0.3) is 0 Å². The maximum absolute atomic E-state index is 12.7. The van der Waals surface area contributed by atoms with Crippen LogP contribution in [0, 0.1) is 5.82 Å². The van der Waals surface area contributed by atoms with Gasteiger partial charge in [0.15, 0.2) is 0 Å². The number of imidazole rings is 1. The number of aryl methyl sites for hydroxylation is 1. The summed E-state index contributed by atoms with van der Waals surface area (Å²) in [7, 11) is 0. The molecule has 4 heteroatoms. The number of aromatic amines is 1. The van der Waals surface area contributed by atoms with Crippen molar-refractivity contribution in [3.05, 3.63) is 52.5 Å². The molecule has 0 unspecified atom stereocenters. The molecule has 15 heavy (non-hydrogen) atoms. The number of H-pyrrole nitrogens is 1. The van der Waals surface area contributed by atoms with Gasteiger partial charge in [-0.3, -0.25) is 4.57 Å². The van der Waals surface area contributed by atoms with E-state index < -0.39 is 0 Å². The highest BCUT2D eigenvalue weighted by atomic mass is 19.1. The van der Waals surface area contributed by atoms with Gasteiger partial charge in [-0.05, 0) is 30.7 Å². The van der Waals surface area contributed by atoms with E-state index in [1.807, 2.05) is 6.92 Å². The van der Waals surface area contributed by atoms with Crippen LogP contribution in [0.15, 0.2) is 35.3 Å². The van der Waals surface area contributed by atoms with Gasteiger partial charge in [-0.1, -0.05) is 6.92 Å². The minimum atomic E-state index is -0.305. The molecule has 0 atom stereocenters. The van der Waals surface area contributed by atoms with Crippen molar-refractivity contribution in [2.75, 3.05) is 0 Å². The van der Waals surface area contributed by atoms with E-state index in [0.29, 0.717) is 5.69 Å². The maximum atomic E-state index is 12.7. The number of nitrogens with zero attached hydrogens (tertiary/aromatic N) is 1. The van der Waals surface area contributed by atoms with Gasteiger partial charge >= 0.3 is 5.69 Å². The summed E-state index contributed by atoms with van der Waals surface area (Å²) in [6, 6.07) is 5.86. The van der Waals surface area contributed by atoms with Crippen molar-refractivity contribution in [2.24, 2.45) is 0 Å². The van der Waals surface area contributed by atoms with Gasteiger partial charge in [0.2, 0.25) is 0 Å². The molecular weight excluding hydrogens is 195 g/mol. The van der Waals surface area contributed by atoms with Crippen molar-refractivity contribution < 1.29 is 4.39 Å². The van der Waals surface area contributed by atoms with E-state index in [1.165, 1.54) is 12.1 Å². The molecule has 2 rings (SSSR count). The Labute approximate surface area is 86.2 Å². The summed E-state index contributed by atoms with van der Waals surface area (Å²) in [6.45, 7) is 1.96. The Hall–Kier alpha value is -1.84. The van der Waals surface area contributed by atoms with Crippen molar-refractivity contribution in [3.63, 3.8) is 0 Å². The number of nitrogens with one attached hydrogen (secondary N) is 1. The number of rotatable bonds is 2. The lowest BCUT2D eigenvalue weighted by molar-refractivity contribution is 0.627. The second-order valence-electron chi connectivity index (χ2n) is 3.25. The first-order valence-corrected chi connectivity index (χ1v) is 4.77. The van der Waals surface area contributed by atoms with Crippen molar-refractivity contribution >= 4 is 0 Å². The zero-order valence-electron chi connectivity index (χ0n) is 8.33. The van der Waals surface area contributed by atoms with Gasteiger partial charge in [-0.15, -0.1) is 0 Å². The molecular formula is C11H11FN2O. The summed E-state index contributed by atoms with van der Waals surface area (Å²) < 4.78 is 14.3. The van der Waals surface area contributed by atoms with E-state index >= 15 is 0 Å². The first-order valence-electron chi connectivity index (χ1n) is 4.77. The predicted octanol–water partition coefficient (Wildman–Crippen LogP) is 1.87. The molecule has 1 aromatic heterocycles. The summed E-state index contributed by atoms with van der Waals surface area (Å²) in [5, 5.41) is 0. The van der Waals surface area contributed by atoms with Gasteiger partial charge in [-0.2, -0.15) is 0 Å². The fraction of sp³-hybridized carbons (Fsp3) is 0.182. The molecule has 0 aliphatic carbocycles.